The molecule has 52 heavy (non-hydrogen) atoms. The summed E-state index contributed by atoms with van der Waals surface area (Å²) in [6, 6.07) is 41.1. The molecule has 0 radical (unpaired) electrons. The maximum absolute atomic E-state index is 17.7. The van der Waals surface area contributed by atoms with Crippen molar-refractivity contribution in [3.05, 3.63) is 143 Å². The molecule has 0 N–H and O–H groups in total. The number of benzene rings is 5. The van der Waals surface area contributed by atoms with Crippen molar-refractivity contribution in [3.63, 3.8) is 0 Å². The molecule has 0 saturated carbocycles. The van der Waals surface area contributed by atoms with Crippen LogP contribution < -0.4 is 30.8 Å². The number of aryl methyl sites for hydroxylation is 4. The first kappa shape index (κ1) is 40.0. The molecule has 0 bridgehead atoms. The lowest BCUT2D eigenvalue weighted by molar-refractivity contribution is 0.590. The Morgan fingerprint density at radius 2 is 0.731 bits per heavy atom. The van der Waals surface area contributed by atoms with Crippen LogP contribution >= 0.6 is 16.1 Å². The predicted molar refractivity (Wildman–Crippen MR) is 230 cm³/mol. The standard InChI is InChI=1S/C46H57F2NP2Si/c1-8-11-30-52(31-12-9-2,32-13-10-3)43-33-44(47)46(45(48)34-43)49(50(39-22-14-35(4)15-23-39)40-24-16-36(5)17-25-40)51(41-26-18-37(6)19-27-41)42-28-20-38(7)21-29-42/h14-29,33-34H,8-13,30-32H2,1-7H3. The van der Waals surface area contributed by atoms with E-state index in [0.29, 0.717) is 0 Å². The summed E-state index contributed by atoms with van der Waals surface area (Å²) >= 11 is 0. The van der Waals surface area contributed by atoms with Gasteiger partial charge in [-0.15, -0.1) is 0 Å². The van der Waals surface area contributed by atoms with Crippen LogP contribution in [0.3, 0.4) is 0 Å². The summed E-state index contributed by atoms with van der Waals surface area (Å²) in [6.45, 7) is 15.1. The van der Waals surface area contributed by atoms with Crippen molar-refractivity contribution in [2.45, 2.75) is 105 Å². The molecule has 5 aromatic rings. The van der Waals surface area contributed by atoms with Crippen LogP contribution in [0, 0.1) is 39.3 Å². The van der Waals surface area contributed by atoms with Crippen LogP contribution in [0.1, 0.15) is 81.5 Å². The lowest BCUT2D eigenvalue weighted by Gasteiger charge is -2.41. The van der Waals surface area contributed by atoms with Crippen LogP contribution in [-0.4, -0.2) is 8.07 Å². The Hall–Kier alpha value is -3.16. The van der Waals surface area contributed by atoms with Gasteiger partial charge >= 0.3 is 0 Å². The zero-order valence-electron chi connectivity index (χ0n) is 32.4. The lowest BCUT2D eigenvalue weighted by atomic mass is 10.2. The van der Waals surface area contributed by atoms with Gasteiger partial charge in [0.15, 0.2) is 0 Å². The van der Waals surface area contributed by atoms with Crippen molar-refractivity contribution < 1.29 is 8.78 Å². The average molecular weight is 752 g/mol. The van der Waals surface area contributed by atoms with E-state index in [1.54, 1.807) is 12.1 Å². The van der Waals surface area contributed by atoms with Crippen molar-refractivity contribution >= 4 is 56.3 Å². The highest BCUT2D eigenvalue weighted by molar-refractivity contribution is 7.90. The normalized spacial score (nSPS) is 11.8. The molecule has 0 atom stereocenters. The predicted octanol–water partition coefficient (Wildman–Crippen LogP) is 12.2. The Morgan fingerprint density at radius 1 is 0.462 bits per heavy atom. The second-order valence-electron chi connectivity index (χ2n) is 14.6. The van der Waals surface area contributed by atoms with E-state index in [0.717, 1.165) is 105 Å². The molecule has 0 heterocycles. The van der Waals surface area contributed by atoms with E-state index in [1.807, 2.05) is 0 Å². The summed E-state index contributed by atoms with van der Waals surface area (Å²) in [5, 5.41) is 5.23. The van der Waals surface area contributed by atoms with E-state index in [4.69, 9.17) is 0 Å². The first-order valence-corrected chi connectivity index (χ1v) is 24.5. The van der Waals surface area contributed by atoms with Crippen LogP contribution in [-0.2, 0) is 0 Å². The van der Waals surface area contributed by atoms with Crippen molar-refractivity contribution in [1.29, 1.82) is 0 Å². The number of rotatable bonds is 17. The number of hydrogen-bond acceptors (Lipinski definition) is 1. The molecule has 0 aromatic heterocycles. The third-order valence-electron chi connectivity index (χ3n) is 10.3. The van der Waals surface area contributed by atoms with Gasteiger partial charge in [-0.3, -0.25) is 0 Å². The van der Waals surface area contributed by atoms with Gasteiger partial charge in [-0.05, 0) is 39.8 Å². The zero-order valence-corrected chi connectivity index (χ0v) is 35.1. The minimum absolute atomic E-state index is 0.0904. The van der Waals surface area contributed by atoms with E-state index in [9.17, 15) is 0 Å². The zero-order chi connectivity index (χ0) is 37.3. The van der Waals surface area contributed by atoms with Crippen LogP contribution in [0.15, 0.2) is 109 Å². The third-order valence-corrected chi connectivity index (χ3v) is 21.2. The Morgan fingerprint density at radius 3 is 0.981 bits per heavy atom. The van der Waals surface area contributed by atoms with Crippen LogP contribution in [0.4, 0.5) is 14.5 Å². The van der Waals surface area contributed by atoms with Crippen molar-refractivity contribution in [3.8, 4) is 0 Å². The van der Waals surface area contributed by atoms with Gasteiger partial charge in [-0.25, -0.2) is 8.78 Å². The number of unbranched alkanes of at least 4 members (excludes halogenated alkanes) is 3. The molecule has 0 spiro atoms. The first-order valence-electron chi connectivity index (χ1n) is 19.3. The molecular formula is C46H57F2NP2Si. The molecule has 0 fully saturated rings. The van der Waals surface area contributed by atoms with E-state index >= 15 is 8.78 Å². The molecule has 0 aliphatic carbocycles. The number of halogens is 2. The molecule has 6 heteroatoms. The Labute approximate surface area is 316 Å². The quantitative estimate of drug-likeness (QED) is 0.0675. The fourth-order valence-corrected chi connectivity index (χ4v) is 18.7. The molecule has 5 aromatic carbocycles. The SMILES string of the molecule is CCCC[Si](CCCC)(CCCC)c1cc(F)c(N(P(c2ccc(C)cc2)c2ccc(C)cc2)P(c2ccc(C)cc2)c2ccc(C)cc2)c(F)c1. The molecule has 0 saturated heterocycles. The fourth-order valence-electron chi connectivity index (χ4n) is 7.19. The average Bonchev–Trinajstić information content (AvgIpc) is 3.14. The van der Waals surface area contributed by atoms with Gasteiger partial charge in [-0.1, -0.05) is 202 Å². The van der Waals surface area contributed by atoms with E-state index in [-0.39, 0.29) is 5.69 Å². The summed E-state index contributed by atoms with van der Waals surface area (Å²) < 4.78 is 37.5. The van der Waals surface area contributed by atoms with Crippen LogP contribution in [0.2, 0.25) is 18.1 Å². The first-order chi connectivity index (χ1) is 25.1. The van der Waals surface area contributed by atoms with Gasteiger partial charge in [0.1, 0.15) is 17.3 Å². The minimum atomic E-state index is -2.18. The van der Waals surface area contributed by atoms with E-state index < -0.39 is 35.9 Å². The molecule has 5 rings (SSSR count). The summed E-state index contributed by atoms with van der Waals surface area (Å²) in [4.78, 5) is 0. The Bertz CT molecular complexity index is 1630. The third kappa shape index (κ3) is 9.49. The summed E-state index contributed by atoms with van der Waals surface area (Å²) in [6.07, 6.45) is 6.61. The summed E-state index contributed by atoms with van der Waals surface area (Å²) in [5.41, 5.74) is 4.71. The highest BCUT2D eigenvalue weighted by Gasteiger charge is 2.39. The molecule has 0 unspecified atom stereocenters. The van der Waals surface area contributed by atoms with Crippen molar-refractivity contribution in [2.75, 3.05) is 4.44 Å². The molecule has 1 nitrogen and oxygen atoms in total. The van der Waals surface area contributed by atoms with Gasteiger partial charge in [-0.2, -0.15) is 0 Å². The second-order valence-corrected chi connectivity index (χ2v) is 23.7. The van der Waals surface area contributed by atoms with Crippen molar-refractivity contribution in [1.82, 2.24) is 0 Å². The maximum atomic E-state index is 17.7. The van der Waals surface area contributed by atoms with Gasteiger partial charge < -0.3 is 4.44 Å². The topological polar surface area (TPSA) is 3.24 Å². The molecule has 274 valence electrons. The number of hydrogen-bond donors (Lipinski definition) is 0. The van der Waals surface area contributed by atoms with E-state index in [2.05, 4.69) is 150 Å². The second kappa shape index (κ2) is 18.7. The highest BCUT2D eigenvalue weighted by Crippen LogP contribution is 2.58. The summed E-state index contributed by atoms with van der Waals surface area (Å²) in [7, 11) is -5.02. The Kier molecular flexibility index (Phi) is 14.4. The smallest absolute Gasteiger partial charge is 0.149 e. The van der Waals surface area contributed by atoms with Gasteiger partial charge in [0.2, 0.25) is 0 Å². The minimum Gasteiger partial charge on any atom is -0.308 e. The molecular weight excluding hydrogens is 695 g/mol. The van der Waals surface area contributed by atoms with Crippen molar-refractivity contribution in [2.24, 2.45) is 0 Å². The highest BCUT2D eigenvalue weighted by atomic mass is 31.2. The van der Waals surface area contributed by atoms with Crippen LogP contribution in [0.5, 0.6) is 0 Å². The molecule has 0 aliphatic rings. The largest absolute Gasteiger partial charge is 0.308 e. The van der Waals surface area contributed by atoms with Gasteiger partial charge in [0.25, 0.3) is 0 Å². The maximum Gasteiger partial charge on any atom is 0.149 e. The Balaban J connectivity index is 1.85. The fraction of sp³-hybridized carbons (Fsp3) is 0.348. The lowest BCUT2D eigenvalue weighted by Crippen LogP contribution is -2.48. The molecule has 0 aliphatic heterocycles. The van der Waals surface area contributed by atoms with Gasteiger partial charge in [0, 0.05) is 21.2 Å². The monoisotopic (exact) mass is 751 g/mol. The van der Waals surface area contributed by atoms with Crippen LogP contribution in [0.25, 0.3) is 0 Å². The number of nitrogens with zero attached hydrogens (tertiary/aromatic N) is 1. The summed E-state index contributed by atoms with van der Waals surface area (Å²) in [5.74, 6) is -0.871. The number of anilines is 1. The molecule has 0 amide bonds. The van der Waals surface area contributed by atoms with Gasteiger partial charge in [0.05, 0.1) is 24.2 Å². The van der Waals surface area contributed by atoms with E-state index in [1.165, 1.54) is 0 Å².